The largest absolute Gasteiger partial charge is 0.329 e. The van der Waals surface area contributed by atoms with E-state index in [4.69, 9.17) is 5.73 Å². The summed E-state index contributed by atoms with van der Waals surface area (Å²) in [6.45, 7) is 10.5. The molecule has 0 aromatic heterocycles. The molecule has 2 N–H and O–H groups in total. The molecule has 0 amide bonds. The van der Waals surface area contributed by atoms with E-state index in [1.54, 1.807) is 0 Å². The molecule has 0 aromatic carbocycles. The fourth-order valence-electron chi connectivity index (χ4n) is 3.45. The number of likely N-dealkylation sites (N-methyl/N-ethyl adjacent to an activating group) is 1. The molecule has 106 valence electrons. The third-order valence-corrected chi connectivity index (χ3v) is 6.31. The second kappa shape index (κ2) is 5.70. The number of rotatable bonds is 2. The van der Waals surface area contributed by atoms with Crippen molar-refractivity contribution in [2.45, 2.75) is 32.2 Å². The lowest BCUT2D eigenvalue weighted by molar-refractivity contribution is 0.00437. The Morgan fingerprint density at radius 1 is 1.17 bits per heavy atom. The Morgan fingerprint density at radius 3 is 2.61 bits per heavy atom. The van der Waals surface area contributed by atoms with E-state index in [0.29, 0.717) is 5.41 Å². The van der Waals surface area contributed by atoms with Crippen LogP contribution < -0.4 is 5.73 Å². The van der Waals surface area contributed by atoms with E-state index < -0.39 is 0 Å². The summed E-state index contributed by atoms with van der Waals surface area (Å²) in [4.78, 5) is 5.16. The lowest BCUT2D eigenvalue weighted by Gasteiger charge is -2.55. The summed E-state index contributed by atoms with van der Waals surface area (Å²) >= 11 is 2.09. The maximum Gasteiger partial charge on any atom is 0.0473 e. The minimum absolute atomic E-state index is 0.209. The van der Waals surface area contributed by atoms with Crippen molar-refractivity contribution in [3.8, 4) is 0 Å². The van der Waals surface area contributed by atoms with Crippen LogP contribution in [0.2, 0.25) is 0 Å². The van der Waals surface area contributed by atoms with Gasteiger partial charge in [0.1, 0.15) is 0 Å². The second-order valence-electron chi connectivity index (χ2n) is 6.57. The van der Waals surface area contributed by atoms with E-state index in [1.165, 1.54) is 50.5 Å². The van der Waals surface area contributed by atoms with Crippen LogP contribution in [-0.2, 0) is 0 Å². The van der Waals surface area contributed by atoms with Gasteiger partial charge in [-0.05, 0) is 37.6 Å². The molecule has 2 fully saturated rings. The monoisotopic (exact) mass is 271 g/mol. The molecule has 0 aromatic rings. The third-order valence-electron chi connectivity index (χ3n) is 5.13. The summed E-state index contributed by atoms with van der Waals surface area (Å²) in [5.41, 5.74) is 6.81. The molecule has 2 saturated heterocycles. The van der Waals surface area contributed by atoms with Crippen molar-refractivity contribution in [1.82, 2.24) is 9.80 Å². The van der Waals surface area contributed by atoms with Crippen molar-refractivity contribution in [2.24, 2.45) is 11.1 Å². The highest BCUT2D eigenvalue weighted by Crippen LogP contribution is 2.45. The van der Waals surface area contributed by atoms with Crippen molar-refractivity contribution in [1.29, 1.82) is 0 Å². The Morgan fingerprint density at radius 2 is 1.94 bits per heavy atom. The SMILES string of the molecule is CN1CCCN(C2(CN)CSCCC2(C)C)CC1. The van der Waals surface area contributed by atoms with E-state index in [1.807, 2.05) is 0 Å². The average Bonchev–Trinajstić information content (AvgIpc) is 2.54. The zero-order valence-electron chi connectivity index (χ0n) is 12.2. The van der Waals surface area contributed by atoms with Crippen molar-refractivity contribution in [3.05, 3.63) is 0 Å². The van der Waals surface area contributed by atoms with Gasteiger partial charge in [0, 0.05) is 37.5 Å². The Labute approximate surface area is 116 Å². The van der Waals surface area contributed by atoms with Crippen LogP contribution >= 0.6 is 11.8 Å². The average molecular weight is 271 g/mol. The number of nitrogens with zero attached hydrogens (tertiary/aromatic N) is 2. The van der Waals surface area contributed by atoms with E-state index in [2.05, 4.69) is 42.5 Å². The highest BCUT2D eigenvalue weighted by Gasteiger charge is 2.49. The lowest BCUT2D eigenvalue weighted by atomic mass is 9.69. The maximum atomic E-state index is 6.26. The van der Waals surface area contributed by atoms with Crippen LogP contribution in [0.15, 0.2) is 0 Å². The topological polar surface area (TPSA) is 32.5 Å². The Balaban J connectivity index is 2.19. The van der Waals surface area contributed by atoms with Crippen LogP contribution in [0.3, 0.4) is 0 Å². The molecular weight excluding hydrogens is 242 g/mol. The van der Waals surface area contributed by atoms with Crippen molar-refractivity contribution >= 4 is 11.8 Å². The zero-order valence-corrected chi connectivity index (χ0v) is 13.1. The third kappa shape index (κ3) is 2.58. The lowest BCUT2D eigenvalue weighted by Crippen LogP contribution is -2.66. The molecule has 4 heteroatoms. The Hall–Kier alpha value is 0.230. The summed E-state index contributed by atoms with van der Waals surface area (Å²) in [5.74, 6) is 2.50. The second-order valence-corrected chi connectivity index (χ2v) is 7.67. The molecule has 0 spiro atoms. The fraction of sp³-hybridized carbons (Fsp3) is 1.00. The molecule has 1 atom stereocenters. The molecule has 3 nitrogen and oxygen atoms in total. The highest BCUT2D eigenvalue weighted by molar-refractivity contribution is 7.99. The molecule has 0 bridgehead atoms. The molecule has 0 saturated carbocycles. The first-order valence-electron chi connectivity index (χ1n) is 7.23. The van der Waals surface area contributed by atoms with Crippen molar-refractivity contribution in [3.63, 3.8) is 0 Å². The molecule has 18 heavy (non-hydrogen) atoms. The van der Waals surface area contributed by atoms with Gasteiger partial charge in [0.2, 0.25) is 0 Å². The maximum absolute atomic E-state index is 6.26. The van der Waals surface area contributed by atoms with Crippen LogP contribution in [-0.4, -0.2) is 66.6 Å². The molecule has 2 aliphatic heterocycles. The van der Waals surface area contributed by atoms with E-state index >= 15 is 0 Å². The molecule has 0 aliphatic carbocycles. The van der Waals surface area contributed by atoms with E-state index in [9.17, 15) is 0 Å². The summed E-state index contributed by atoms with van der Waals surface area (Å²) in [6, 6.07) is 0. The molecule has 1 unspecified atom stereocenters. The first-order valence-corrected chi connectivity index (χ1v) is 8.39. The van der Waals surface area contributed by atoms with E-state index in [-0.39, 0.29) is 5.54 Å². The molecule has 0 radical (unpaired) electrons. The molecule has 2 rings (SSSR count). The van der Waals surface area contributed by atoms with Gasteiger partial charge in [0.05, 0.1) is 0 Å². The summed E-state index contributed by atoms with van der Waals surface area (Å²) < 4.78 is 0. The van der Waals surface area contributed by atoms with Crippen molar-refractivity contribution < 1.29 is 0 Å². The first kappa shape index (κ1) is 14.6. The van der Waals surface area contributed by atoms with Crippen LogP contribution in [0.25, 0.3) is 0 Å². The zero-order chi connectivity index (χ0) is 13.2. The summed E-state index contributed by atoms with van der Waals surface area (Å²) in [7, 11) is 2.24. The normalized spacial score (nSPS) is 35.3. The van der Waals surface area contributed by atoms with Gasteiger partial charge in [0.15, 0.2) is 0 Å². The minimum Gasteiger partial charge on any atom is -0.329 e. The smallest absolute Gasteiger partial charge is 0.0473 e. The van der Waals surface area contributed by atoms with Crippen LogP contribution in [0.1, 0.15) is 26.7 Å². The number of hydrogen-bond acceptors (Lipinski definition) is 4. The Bertz CT molecular complexity index is 282. The van der Waals surface area contributed by atoms with Gasteiger partial charge >= 0.3 is 0 Å². The van der Waals surface area contributed by atoms with E-state index in [0.717, 1.165) is 6.54 Å². The van der Waals surface area contributed by atoms with Gasteiger partial charge in [-0.3, -0.25) is 4.90 Å². The molecular formula is C14H29N3S. The van der Waals surface area contributed by atoms with Gasteiger partial charge in [-0.15, -0.1) is 0 Å². The Kier molecular flexibility index (Phi) is 4.63. The van der Waals surface area contributed by atoms with Gasteiger partial charge in [0.25, 0.3) is 0 Å². The van der Waals surface area contributed by atoms with Crippen LogP contribution in [0.5, 0.6) is 0 Å². The number of hydrogen-bond donors (Lipinski definition) is 1. The number of thioether (sulfide) groups is 1. The van der Waals surface area contributed by atoms with Crippen LogP contribution in [0.4, 0.5) is 0 Å². The fourth-order valence-corrected chi connectivity index (χ4v) is 5.28. The number of nitrogens with two attached hydrogens (primary N) is 1. The summed E-state index contributed by atoms with van der Waals surface area (Å²) in [6.07, 6.45) is 2.57. The van der Waals surface area contributed by atoms with Crippen molar-refractivity contribution in [2.75, 3.05) is 51.3 Å². The predicted octanol–water partition coefficient (Wildman–Crippen LogP) is 1.48. The van der Waals surface area contributed by atoms with Gasteiger partial charge in [-0.2, -0.15) is 11.8 Å². The van der Waals surface area contributed by atoms with Gasteiger partial charge < -0.3 is 10.6 Å². The standard InChI is InChI=1S/C14H29N3S/c1-13(2)5-10-18-12-14(13,11-15)17-7-4-6-16(3)8-9-17/h4-12,15H2,1-3H3. The molecule has 2 heterocycles. The highest BCUT2D eigenvalue weighted by atomic mass is 32.2. The van der Waals surface area contributed by atoms with Crippen LogP contribution in [0, 0.1) is 5.41 Å². The first-order chi connectivity index (χ1) is 8.52. The minimum atomic E-state index is 0.209. The predicted molar refractivity (Wildman–Crippen MR) is 81.2 cm³/mol. The quantitative estimate of drug-likeness (QED) is 0.825. The molecule has 2 aliphatic rings. The summed E-state index contributed by atoms with van der Waals surface area (Å²) in [5, 5.41) is 0. The van der Waals surface area contributed by atoms with Gasteiger partial charge in [-0.25, -0.2) is 0 Å². The van der Waals surface area contributed by atoms with Gasteiger partial charge in [-0.1, -0.05) is 13.8 Å².